The monoisotopic (exact) mass is 572 g/mol. The van der Waals surface area contributed by atoms with E-state index >= 15 is 0 Å². The minimum absolute atomic E-state index is 0.0663. The highest BCUT2D eigenvalue weighted by atomic mass is 16.2. The molecule has 0 saturated heterocycles. The van der Waals surface area contributed by atoms with E-state index in [0.29, 0.717) is 25.9 Å². The second kappa shape index (κ2) is 17.6. The molecule has 3 atom stereocenters. The van der Waals surface area contributed by atoms with Gasteiger partial charge in [-0.15, -0.1) is 0 Å². The lowest BCUT2D eigenvalue weighted by molar-refractivity contribution is -0.130. The van der Waals surface area contributed by atoms with Crippen LogP contribution in [0.4, 0.5) is 0 Å². The molecular weight excluding hydrogens is 532 g/mol. The van der Waals surface area contributed by atoms with Crippen LogP contribution in [0.15, 0.2) is 84.9 Å². The fourth-order valence-electron chi connectivity index (χ4n) is 4.65. The van der Waals surface area contributed by atoms with Crippen molar-refractivity contribution in [2.24, 2.45) is 29.2 Å². The van der Waals surface area contributed by atoms with Gasteiger partial charge in [-0.2, -0.15) is 0 Å². The molecule has 0 aliphatic carbocycles. The number of carbonyl (C=O) groups excluding carboxylic acids is 4. The fraction of sp³-hybridized carbons (Fsp3) is 0.312. The first-order valence-electron chi connectivity index (χ1n) is 14.0. The molecule has 0 fully saturated rings. The maximum atomic E-state index is 13.0. The van der Waals surface area contributed by atoms with E-state index in [4.69, 9.17) is 11.5 Å². The largest absolute Gasteiger partial charge is 0.330 e. The zero-order chi connectivity index (χ0) is 30.2. The van der Waals surface area contributed by atoms with Crippen LogP contribution < -0.4 is 33.2 Å². The molecule has 0 radical (unpaired) electrons. The topological polar surface area (TPSA) is 168 Å². The molecule has 0 spiro atoms. The molecule has 8 N–H and O–H groups in total. The summed E-state index contributed by atoms with van der Waals surface area (Å²) in [4.78, 5) is 49.4. The third-order valence-corrected chi connectivity index (χ3v) is 7.00. The predicted octanol–water partition coefficient (Wildman–Crippen LogP) is 1.34. The van der Waals surface area contributed by atoms with Crippen LogP contribution in [0, 0.1) is 17.8 Å². The molecule has 222 valence electrons. The second-order valence-electron chi connectivity index (χ2n) is 10.2. The molecule has 0 saturated carbocycles. The Morgan fingerprint density at radius 1 is 0.690 bits per heavy atom. The first-order valence-corrected chi connectivity index (χ1v) is 14.0. The average molecular weight is 573 g/mol. The van der Waals surface area contributed by atoms with Crippen molar-refractivity contribution in [3.8, 4) is 0 Å². The van der Waals surface area contributed by atoms with Crippen molar-refractivity contribution in [2.75, 3.05) is 13.1 Å². The van der Waals surface area contributed by atoms with Crippen molar-refractivity contribution in [2.45, 2.75) is 32.4 Å². The zero-order valence-electron chi connectivity index (χ0n) is 23.6. The quantitative estimate of drug-likeness (QED) is 0.0980. The van der Waals surface area contributed by atoms with Crippen LogP contribution in [-0.2, 0) is 45.1 Å². The Balaban J connectivity index is 1.50. The molecule has 0 bridgehead atoms. The molecule has 3 unspecified atom stereocenters. The van der Waals surface area contributed by atoms with Crippen LogP contribution in [0.5, 0.6) is 0 Å². The number of hydrazine groups is 2. The fourth-order valence-corrected chi connectivity index (χ4v) is 4.65. The molecule has 0 heterocycles. The van der Waals surface area contributed by atoms with Gasteiger partial charge in [0.25, 0.3) is 0 Å². The molecule has 0 aliphatic rings. The highest BCUT2D eigenvalue weighted by Gasteiger charge is 2.27. The van der Waals surface area contributed by atoms with Crippen molar-refractivity contribution >= 4 is 23.9 Å². The lowest BCUT2D eigenvalue weighted by Gasteiger charge is -2.21. The van der Waals surface area contributed by atoms with E-state index in [9.17, 15) is 19.2 Å². The Kier molecular flexibility index (Phi) is 13.5. The normalized spacial score (nSPS) is 13.0. The number of benzene rings is 3. The number of nitrogens with one attached hydrogen (secondary N) is 4. The summed E-state index contributed by atoms with van der Waals surface area (Å²) in [6, 6.07) is 26.7. The van der Waals surface area contributed by atoms with Crippen LogP contribution in [0.1, 0.15) is 28.7 Å². The SMILES string of the molecule is NCC(=O)CC(Cc1ccccc1)C(=O)NNCc1cccc(CNNC(=O)C(Cc2ccccc2)C(C=O)CN)c1. The summed E-state index contributed by atoms with van der Waals surface area (Å²) in [5.41, 5.74) is 26.3. The predicted molar refractivity (Wildman–Crippen MR) is 161 cm³/mol. The third kappa shape index (κ3) is 10.6. The summed E-state index contributed by atoms with van der Waals surface area (Å²) in [7, 11) is 0. The third-order valence-electron chi connectivity index (χ3n) is 7.00. The number of rotatable bonds is 18. The van der Waals surface area contributed by atoms with E-state index in [0.717, 1.165) is 28.5 Å². The highest BCUT2D eigenvalue weighted by molar-refractivity contribution is 5.87. The minimum Gasteiger partial charge on any atom is -0.330 e. The van der Waals surface area contributed by atoms with Gasteiger partial charge in [0.15, 0.2) is 0 Å². The van der Waals surface area contributed by atoms with Gasteiger partial charge in [0, 0.05) is 32.0 Å². The lowest BCUT2D eigenvalue weighted by atomic mass is 9.87. The first-order chi connectivity index (χ1) is 20.4. The zero-order valence-corrected chi connectivity index (χ0v) is 23.6. The standard InChI is InChI=1S/C32H40N6O4/c33-18-28(22-39)30(16-24-10-5-2-6-11-24)32(42)38-36-21-26-13-7-12-25(14-26)20-35-37-31(41)27(17-29(40)19-34)15-23-8-3-1-4-9-23/h1-14,22,27-28,30,35-36H,15-21,33-34H2,(H,37,41)(H,38,42). The molecule has 2 amide bonds. The summed E-state index contributed by atoms with van der Waals surface area (Å²) in [6.45, 7) is 0.673. The average Bonchev–Trinajstić information content (AvgIpc) is 3.02. The van der Waals surface area contributed by atoms with E-state index in [1.165, 1.54) is 0 Å². The summed E-state index contributed by atoms with van der Waals surface area (Å²) in [6.07, 6.45) is 1.63. The first kappa shape index (κ1) is 32.3. The molecular formula is C32H40N6O4. The molecule has 42 heavy (non-hydrogen) atoms. The van der Waals surface area contributed by atoms with Crippen LogP contribution in [0.3, 0.4) is 0 Å². The molecule has 10 nitrogen and oxygen atoms in total. The number of hydrogen-bond donors (Lipinski definition) is 6. The van der Waals surface area contributed by atoms with E-state index in [1.807, 2.05) is 84.9 Å². The van der Waals surface area contributed by atoms with Gasteiger partial charge < -0.3 is 16.3 Å². The summed E-state index contributed by atoms with van der Waals surface area (Å²) in [5.74, 6) is -2.50. The molecule has 3 rings (SSSR count). The number of hydrogen-bond acceptors (Lipinski definition) is 8. The van der Waals surface area contributed by atoms with E-state index in [1.54, 1.807) is 0 Å². The minimum atomic E-state index is -0.604. The Morgan fingerprint density at radius 3 is 1.74 bits per heavy atom. The van der Waals surface area contributed by atoms with Crippen molar-refractivity contribution < 1.29 is 19.2 Å². The Labute approximate surface area is 246 Å². The van der Waals surface area contributed by atoms with Crippen LogP contribution in [-0.4, -0.2) is 37.0 Å². The van der Waals surface area contributed by atoms with Gasteiger partial charge in [0.05, 0.1) is 18.4 Å². The Bertz CT molecular complexity index is 1290. The Hall–Kier alpha value is -4.22. The van der Waals surface area contributed by atoms with Crippen LogP contribution in [0.2, 0.25) is 0 Å². The number of aldehydes is 1. The van der Waals surface area contributed by atoms with Gasteiger partial charge in [0.1, 0.15) is 12.1 Å². The Morgan fingerprint density at radius 2 is 1.21 bits per heavy atom. The van der Waals surface area contributed by atoms with Crippen LogP contribution >= 0.6 is 0 Å². The smallest absolute Gasteiger partial charge is 0.238 e. The van der Waals surface area contributed by atoms with Crippen molar-refractivity contribution in [3.63, 3.8) is 0 Å². The van der Waals surface area contributed by atoms with Gasteiger partial charge in [-0.25, -0.2) is 10.9 Å². The maximum Gasteiger partial charge on any atom is 0.238 e. The highest BCUT2D eigenvalue weighted by Crippen LogP contribution is 2.17. The summed E-state index contributed by atoms with van der Waals surface area (Å²) >= 11 is 0. The molecule has 0 aliphatic heterocycles. The van der Waals surface area contributed by atoms with Gasteiger partial charge in [-0.1, -0.05) is 84.9 Å². The van der Waals surface area contributed by atoms with Crippen molar-refractivity contribution in [1.29, 1.82) is 0 Å². The number of Topliss-reactive ketones (excluding diaryl/α,β-unsaturated/α-hetero) is 1. The number of amides is 2. The number of nitrogens with two attached hydrogens (primary N) is 2. The molecule has 3 aromatic carbocycles. The molecule has 3 aromatic rings. The van der Waals surface area contributed by atoms with E-state index < -0.39 is 17.8 Å². The summed E-state index contributed by atoms with van der Waals surface area (Å²) < 4.78 is 0. The summed E-state index contributed by atoms with van der Waals surface area (Å²) in [5, 5.41) is 0. The van der Waals surface area contributed by atoms with E-state index in [2.05, 4.69) is 21.7 Å². The van der Waals surface area contributed by atoms with Crippen molar-refractivity contribution in [1.82, 2.24) is 21.7 Å². The van der Waals surface area contributed by atoms with E-state index in [-0.39, 0.29) is 37.1 Å². The van der Waals surface area contributed by atoms with Gasteiger partial charge in [0.2, 0.25) is 11.8 Å². The second-order valence-corrected chi connectivity index (χ2v) is 10.2. The van der Waals surface area contributed by atoms with Gasteiger partial charge in [-0.3, -0.25) is 25.2 Å². The van der Waals surface area contributed by atoms with Crippen molar-refractivity contribution in [3.05, 3.63) is 107 Å². The number of ketones is 1. The van der Waals surface area contributed by atoms with Crippen LogP contribution in [0.25, 0.3) is 0 Å². The molecule has 10 heteroatoms. The number of carbonyl (C=O) groups is 4. The lowest BCUT2D eigenvalue weighted by Crippen LogP contribution is -2.45. The molecule has 0 aromatic heterocycles. The van der Waals surface area contributed by atoms with Gasteiger partial charge >= 0.3 is 0 Å². The van der Waals surface area contributed by atoms with Gasteiger partial charge in [-0.05, 0) is 35.1 Å². The maximum absolute atomic E-state index is 13.0.